The highest BCUT2D eigenvalue weighted by atomic mass is 16.6. The first-order valence-electron chi connectivity index (χ1n) is 15.2. The molecule has 5 N–H and O–H groups in total. The summed E-state index contributed by atoms with van der Waals surface area (Å²) in [5.41, 5.74) is 10.8. The molecule has 0 aliphatic rings. The smallest absolute Gasteiger partial charge is 0.304 e. The molecule has 0 aromatic carbocycles. The number of nitrogens with zero attached hydrogens (tertiary/aromatic N) is 2. The van der Waals surface area contributed by atoms with Crippen LogP contribution in [0.2, 0.25) is 0 Å². The summed E-state index contributed by atoms with van der Waals surface area (Å²) in [6, 6.07) is 0. The molecule has 7 nitrogen and oxygen atoms in total. The van der Waals surface area contributed by atoms with Crippen molar-refractivity contribution in [2.24, 2.45) is 16.5 Å². The number of guanidine groups is 1. The summed E-state index contributed by atoms with van der Waals surface area (Å²) < 4.78 is 5.81. The quantitative estimate of drug-likeness (QED) is 0.0404. The van der Waals surface area contributed by atoms with E-state index in [0.717, 1.165) is 39.0 Å². The van der Waals surface area contributed by atoms with Crippen LogP contribution >= 0.6 is 0 Å². The van der Waals surface area contributed by atoms with Gasteiger partial charge in [-0.15, -0.1) is 0 Å². The van der Waals surface area contributed by atoms with E-state index >= 15 is 0 Å². The van der Waals surface area contributed by atoms with E-state index in [1.165, 1.54) is 110 Å². The molecule has 0 fully saturated rings. The van der Waals surface area contributed by atoms with Gasteiger partial charge in [-0.1, -0.05) is 104 Å². The minimum atomic E-state index is -0.190. The summed E-state index contributed by atoms with van der Waals surface area (Å²) in [6.07, 6.45) is 22.5. The molecule has 0 radical (unpaired) electrons. The van der Waals surface area contributed by atoms with Crippen molar-refractivity contribution in [3.05, 3.63) is 0 Å². The number of carbonyl (C=O) groups is 1. The van der Waals surface area contributed by atoms with E-state index in [9.17, 15) is 4.79 Å². The molecule has 0 saturated carbocycles. The lowest BCUT2D eigenvalue weighted by Gasteiger charge is -2.31. The Morgan fingerprint density at radius 1 is 0.750 bits per heavy atom. The third-order valence-electron chi connectivity index (χ3n) is 6.68. The van der Waals surface area contributed by atoms with Crippen LogP contribution in [0.15, 0.2) is 4.99 Å². The molecule has 0 spiro atoms. The molecule has 0 aromatic rings. The van der Waals surface area contributed by atoms with E-state index in [0.29, 0.717) is 6.54 Å². The van der Waals surface area contributed by atoms with Crippen molar-refractivity contribution in [2.75, 3.05) is 32.7 Å². The zero-order valence-corrected chi connectivity index (χ0v) is 24.2. The summed E-state index contributed by atoms with van der Waals surface area (Å²) in [6.45, 7) is 10.4. The molecule has 0 aliphatic carbocycles. The van der Waals surface area contributed by atoms with Gasteiger partial charge < -0.3 is 21.5 Å². The van der Waals surface area contributed by atoms with Gasteiger partial charge in [0, 0.05) is 33.0 Å². The molecule has 0 bridgehead atoms. The second-order valence-corrected chi connectivity index (χ2v) is 10.2. The van der Waals surface area contributed by atoms with Crippen molar-refractivity contribution in [1.82, 2.24) is 10.2 Å². The lowest BCUT2D eigenvalue weighted by molar-refractivity contribution is -0.157. The molecule has 0 heterocycles. The molecular formula is C29H61N5O2. The number of rotatable bonds is 27. The zero-order chi connectivity index (χ0) is 26.7. The van der Waals surface area contributed by atoms with Gasteiger partial charge >= 0.3 is 5.97 Å². The highest BCUT2D eigenvalue weighted by Gasteiger charge is 2.20. The second kappa shape index (κ2) is 26.7. The Labute approximate surface area is 223 Å². The molecule has 0 aliphatic heterocycles. The van der Waals surface area contributed by atoms with Gasteiger partial charge in [0.05, 0.1) is 0 Å². The van der Waals surface area contributed by atoms with E-state index in [-0.39, 0.29) is 18.2 Å². The normalized spacial score (nSPS) is 12.1. The van der Waals surface area contributed by atoms with Crippen LogP contribution in [-0.4, -0.2) is 55.8 Å². The highest BCUT2D eigenvalue weighted by molar-refractivity contribution is 5.75. The van der Waals surface area contributed by atoms with E-state index in [1.54, 1.807) is 0 Å². The number of hydrogen-bond acceptors (Lipinski definition) is 5. The number of aliphatic imine (C=N–C) groups is 1. The van der Waals surface area contributed by atoms with E-state index in [2.05, 4.69) is 29.1 Å². The van der Waals surface area contributed by atoms with Crippen molar-refractivity contribution >= 4 is 11.9 Å². The van der Waals surface area contributed by atoms with E-state index in [1.807, 2.05) is 0 Å². The minimum Gasteiger partial charge on any atom is -0.446 e. The molecule has 1 unspecified atom stereocenters. The maximum Gasteiger partial charge on any atom is 0.304 e. The second-order valence-electron chi connectivity index (χ2n) is 10.2. The van der Waals surface area contributed by atoms with Gasteiger partial charge in [0.2, 0.25) is 0 Å². The van der Waals surface area contributed by atoms with Crippen LogP contribution in [0.5, 0.6) is 0 Å². The Bertz CT molecular complexity index is 492. The van der Waals surface area contributed by atoms with Crippen molar-refractivity contribution in [1.29, 1.82) is 0 Å². The molecule has 0 aromatic heterocycles. The fraction of sp³-hybridized carbons (Fsp3) is 0.931. The first kappa shape index (κ1) is 34.7. The van der Waals surface area contributed by atoms with Gasteiger partial charge in [0.25, 0.3) is 0 Å². The molecule has 7 heteroatoms. The minimum absolute atomic E-state index is 0.141. The number of esters is 1. The maximum absolute atomic E-state index is 11.9. The summed E-state index contributed by atoms with van der Waals surface area (Å²) in [4.78, 5) is 18.3. The lowest BCUT2D eigenvalue weighted by Crippen LogP contribution is -2.41. The van der Waals surface area contributed by atoms with E-state index < -0.39 is 0 Å². The van der Waals surface area contributed by atoms with Crippen molar-refractivity contribution in [3.63, 3.8) is 0 Å². The Hall–Kier alpha value is -1.34. The predicted octanol–water partition coefficient (Wildman–Crippen LogP) is 6.10. The van der Waals surface area contributed by atoms with Crippen molar-refractivity contribution in [2.45, 2.75) is 143 Å². The Kier molecular flexibility index (Phi) is 25.7. The van der Waals surface area contributed by atoms with Crippen LogP contribution in [-0.2, 0) is 9.53 Å². The number of ether oxygens (including phenoxy) is 1. The molecule has 0 saturated heterocycles. The number of nitrogens with one attached hydrogen (secondary N) is 1. The SMILES string of the molecule is CCCCCCCCCCN(CCCCCCCCCC)C(CCNCCCN=C(N)N)OC(C)=O. The fourth-order valence-electron chi connectivity index (χ4n) is 4.57. The molecule has 1 atom stereocenters. The van der Waals surface area contributed by atoms with Gasteiger partial charge in [0.1, 0.15) is 0 Å². The van der Waals surface area contributed by atoms with Gasteiger partial charge in [-0.05, 0) is 32.4 Å². The topological polar surface area (TPSA) is 106 Å². The summed E-state index contributed by atoms with van der Waals surface area (Å²) >= 11 is 0. The van der Waals surface area contributed by atoms with E-state index in [4.69, 9.17) is 16.2 Å². The first-order chi connectivity index (χ1) is 17.5. The Balaban J connectivity index is 4.55. The zero-order valence-electron chi connectivity index (χ0n) is 24.2. The summed E-state index contributed by atoms with van der Waals surface area (Å²) in [5.74, 6) is -0.0490. The van der Waals surface area contributed by atoms with Crippen LogP contribution in [0.4, 0.5) is 0 Å². The van der Waals surface area contributed by atoms with Gasteiger partial charge in [-0.2, -0.15) is 0 Å². The third-order valence-corrected chi connectivity index (χ3v) is 6.68. The molecule has 0 amide bonds. The van der Waals surface area contributed by atoms with Crippen molar-refractivity contribution in [3.8, 4) is 0 Å². The summed E-state index contributed by atoms with van der Waals surface area (Å²) in [5, 5.41) is 3.45. The fourth-order valence-corrected chi connectivity index (χ4v) is 4.57. The average Bonchev–Trinajstić information content (AvgIpc) is 2.84. The Morgan fingerprint density at radius 3 is 1.67 bits per heavy atom. The van der Waals surface area contributed by atoms with Gasteiger partial charge in [-0.3, -0.25) is 14.7 Å². The number of hydrogen-bond donors (Lipinski definition) is 3. The Morgan fingerprint density at radius 2 is 1.22 bits per heavy atom. The van der Waals surface area contributed by atoms with Crippen molar-refractivity contribution < 1.29 is 9.53 Å². The largest absolute Gasteiger partial charge is 0.446 e. The number of nitrogens with two attached hydrogens (primary N) is 2. The van der Waals surface area contributed by atoms with Gasteiger partial charge in [0.15, 0.2) is 12.2 Å². The molecular weight excluding hydrogens is 450 g/mol. The number of carbonyl (C=O) groups excluding carboxylic acids is 1. The monoisotopic (exact) mass is 511 g/mol. The van der Waals surface area contributed by atoms with Crippen LogP contribution in [0.1, 0.15) is 136 Å². The predicted molar refractivity (Wildman–Crippen MR) is 155 cm³/mol. The van der Waals surface area contributed by atoms with Crippen LogP contribution in [0, 0.1) is 0 Å². The lowest BCUT2D eigenvalue weighted by atomic mass is 10.1. The highest BCUT2D eigenvalue weighted by Crippen LogP contribution is 2.15. The first-order valence-corrected chi connectivity index (χ1v) is 15.2. The van der Waals surface area contributed by atoms with Crippen LogP contribution < -0.4 is 16.8 Å². The maximum atomic E-state index is 11.9. The molecule has 36 heavy (non-hydrogen) atoms. The number of unbranched alkanes of at least 4 members (excludes halogenated alkanes) is 14. The summed E-state index contributed by atoms with van der Waals surface area (Å²) in [7, 11) is 0. The molecule has 214 valence electrons. The van der Waals surface area contributed by atoms with Crippen LogP contribution in [0.3, 0.4) is 0 Å². The third kappa shape index (κ3) is 24.4. The van der Waals surface area contributed by atoms with Crippen LogP contribution in [0.25, 0.3) is 0 Å². The van der Waals surface area contributed by atoms with Gasteiger partial charge in [-0.25, -0.2) is 0 Å². The molecule has 0 rings (SSSR count). The standard InChI is InChI=1S/C29H61N5O2/c1-4-6-8-10-12-14-16-18-25-34(26-19-17-15-13-11-9-7-5-2)28(36-27(3)35)21-24-32-22-20-23-33-29(30)31/h28,32H,4-26H2,1-3H3,(H4,30,31,33). The average molecular weight is 512 g/mol.